The molecule has 0 heterocycles. The molecule has 2 nitrogen and oxygen atoms in total. The highest BCUT2D eigenvalue weighted by molar-refractivity contribution is 5.82. The molecule has 3 rings (SSSR count). The summed E-state index contributed by atoms with van der Waals surface area (Å²) in [5.41, 5.74) is 5.11. The number of nitrogens with zero attached hydrogens (tertiary/aromatic N) is 2. The SMILES string of the molecule is CCCCCCCc1ccc(C=NN=Cc2ccc(C3CCC(C)CC3)cc2)cc1. The zero-order chi connectivity index (χ0) is 21.0. The van der Waals surface area contributed by atoms with Crippen LogP contribution in [0.5, 0.6) is 0 Å². The van der Waals surface area contributed by atoms with Gasteiger partial charge in [0.05, 0.1) is 12.4 Å². The van der Waals surface area contributed by atoms with Gasteiger partial charge in [-0.15, -0.1) is 0 Å². The van der Waals surface area contributed by atoms with Crippen LogP contribution in [0.25, 0.3) is 0 Å². The minimum absolute atomic E-state index is 0.740. The summed E-state index contributed by atoms with van der Waals surface area (Å²) in [5, 5.41) is 8.46. The van der Waals surface area contributed by atoms with E-state index in [1.807, 2.05) is 12.4 Å². The lowest BCUT2D eigenvalue weighted by molar-refractivity contribution is 0.348. The zero-order valence-corrected chi connectivity index (χ0v) is 18.9. The molecule has 0 aromatic heterocycles. The van der Waals surface area contributed by atoms with Crippen molar-refractivity contribution in [2.45, 2.75) is 84.0 Å². The molecule has 0 saturated heterocycles. The predicted molar refractivity (Wildman–Crippen MR) is 131 cm³/mol. The Kier molecular flexibility index (Phi) is 9.34. The fraction of sp³-hybridized carbons (Fsp3) is 0.500. The molecule has 1 fully saturated rings. The van der Waals surface area contributed by atoms with Crippen LogP contribution < -0.4 is 0 Å². The van der Waals surface area contributed by atoms with Crippen molar-refractivity contribution < 1.29 is 0 Å². The van der Waals surface area contributed by atoms with E-state index in [9.17, 15) is 0 Å². The molecule has 160 valence electrons. The molecule has 2 aromatic rings. The van der Waals surface area contributed by atoms with E-state index in [2.05, 4.69) is 72.6 Å². The van der Waals surface area contributed by atoms with Crippen molar-refractivity contribution in [3.05, 3.63) is 70.8 Å². The van der Waals surface area contributed by atoms with Gasteiger partial charge in [0.2, 0.25) is 0 Å². The van der Waals surface area contributed by atoms with Gasteiger partial charge >= 0.3 is 0 Å². The van der Waals surface area contributed by atoms with Crippen LogP contribution in [-0.4, -0.2) is 12.4 Å². The van der Waals surface area contributed by atoms with Gasteiger partial charge in [-0.2, -0.15) is 10.2 Å². The summed E-state index contributed by atoms with van der Waals surface area (Å²) in [4.78, 5) is 0. The fourth-order valence-electron chi connectivity index (χ4n) is 4.35. The van der Waals surface area contributed by atoms with Crippen molar-refractivity contribution in [1.82, 2.24) is 0 Å². The number of hydrogen-bond acceptors (Lipinski definition) is 2. The van der Waals surface area contributed by atoms with Crippen LogP contribution >= 0.6 is 0 Å². The van der Waals surface area contributed by atoms with E-state index < -0.39 is 0 Å². The maximum atomic E-state index is 4.23. The molecule has 0 N–H and O–H groups in total. The monoisotopic (exact) mass is 402 g/mol. The van der Waals surface area contributed by atoms with E-state index in [0.717, 1.165) is 23.0 Å². The molecule has 0 unspecified atom stereocenters. The molecule has 0 aliphatic heterocycles. The second kappa shape index (κ2) is 12.5. The molecule has 2 heteroatoms. The summed E-state index contributed by atoms with van der Waals surface area (Å²) >= 11 is 0. The van der Waals surface area contributed by atoms with Gasteiger partial charge in [-0.3, -0.25) is 0 Å². The summed E-state index contributed by atoms with van der Waals surface area (Å²) in [6.07, 6.45) is 16.9. The Balaban J connectivity index is 1.43. The van der Waals surface area contributed by atoms with Gasteiger partial charge in [0.25, 0.3) is 0 Å². The zero-order valence-electron chi connectivity index (χ0n) is 18.9. The minimum atomic E-state index is 0.740. The van der Waals surface area contributed by atoms with Crippen molar-refractivity contribution in [2.24, 2.45) is 16.1 Å². The summed E-state index contributed by atoms with van der Waals surface area (Å²) in [6.45, 7) is 4.64. The standard InChI is InChI=1S/C28H38N2/c1-3-4-5-6-7-8-24-11-13-25(14-12-24)21-29-30-22-26-15-19-28(20-16-26)27-17-9-23(2)10-18-27/h11-16,19-23,27H,3-10,17-18H2,1-2H3. The quantitative estimate of drug-likeness (QED) is 0.219. The molecule has 0 spiro atoms. The number of benzene rings is 2. The van der Waals surface area contributed by atoms with Crippen LogP contribution in [-0.2, 0) is 6.42 Å². The first-order valence-corrected chi connectivity index (χ1v) is 12.0. The molecule has 0 atom stereocenters. The van der Waals surface area contributed by atoms with E-state index in [4.69, 9.17) is 0 Å². The highest BCUT2D eigenvalue weighted by Gasteiger charge is 2.19. The van der Waals surface area contributed by atoms with E-state index in [0.29, 0.717) is 0 Å². The van der Waals surface area contributed by atoms with E-state index >= 15 is 0 Å². The topological polar surface area (TPSA) is 24.7 Å². The van der Waals surface area contributed by atoms with E-state index in [1.54, 1.807) is 0 Å². The Bertz CT molecular complexity index is 778. The average molecular weight is 403 g/mol. The Labute approximate surface area is 183 Å². The average Bonchev–Trinajstić information content (AvgIpc) is 2.78. The van der Waals surface area contributed by atoms with Crippen LogP contribution in [0.4, 0.5) is 0 Å². The first-order valence-electron chi connectivity index (χ1n) is 12.0. The van der Waals surface area contributed by atoms with Crippen LogP contribution in [0.2, 0.25) is 0 Å². The van der Waals surface area contributed by atoms with Crippen LogP contribution in [0, 0.1) is 5.92 Å². The van der Waals surface area contributed by atoms with Gasteiger partial charge in [0.15, 0.2) is 0 Å². The maximum absolute atomic E-state index is 4.23. The molecule has 1 aliphatic carbocycles. The van der Waals surface area contributed by atoms with Crippen LogP contribution in [0.1, 0.15) is 99.8 Å². The molecular formula is C28H38N2. The number of unbranched alkanes of at least 4 members (excludes halogenated alkanes) is 4. The van der Waals surface area contributed by atoms with Gasteiger partial charge in [-0.05, 0) is 59.8 Å². The Hall–Kier alpha value is -2.22. The van der Waals surface area contributed by atoms with Gasteiger partial charge in [0.1, 0.15) is 0 Å². The highest BCUT2D eigenvalue weighted by Crippen LogP contribution is 2.35. The summed E-state index contributed by atoms with van der Waals surface area (Å²) < 4.78 is 0. The Morgan fingerprint density at radius 3 is 1.90 bits per heavy atom. The molecular weight excluding hydrogens is 364 g/mol. The van der Waals surface area contributed by atoms with Crippen molar-refractivity contribution in [2.75, 3.05) is 0 Å². The van der Waals surface area contributed by atoms with Crippen molar-refractivity contribution in [1.29, 1.82) is 0 Å². The lowest BCUT2D eigenvalue weighted by atomic mass is 9.79. The van der Waals surface area contributed by atoms with Crippen molar-refractivity contribution in [3.63, 3.8) is 0 Å². The largest absolute Gasteiger partial charge is 0.159 e. The molecule has 1 saturated carbocycles. The lowest BCUT2D eigenvalue weighted by Crippen LogP contribution is -2.10. The number of rotatable bonds is 10. The van der Waals surface area contributed by atoms with E-state index in [1.165, 1.54) is 75.3 Å². The first kappa shape index (κ1) is 22.5. The highest BCUT2D eigenvalue weighted by atomic mass is 15.2. The smallest absolute Gasteiger partial charge is 0.0568 e. The molecule has 2 aromatic carbocycles. The predicted octanol–water partition coefficient (Wildman–Crippen LogP) is 7.95. The Morgan fingerprint density at radius 1 is 0.733 bits per heavy atom. The summed E-state index contributed by atoms with van der Waals surface area (Å²) in [7, 11) is 0. The minimum Gasteiger partial charge on any atom is -0.159 e. The van der Waals surface area contributed by atoms with E-state index in [-0.39, 0.29) is 0 Å². The van der Waals surface area contributed by atoms with Crippen LogP contribution in [0.3, 0.4) is 0 Å². The molecule has 30 heavy (non-hydrogen) atoms. The third-order valence-electron chi connectivity index (χ3n) is 6.45. The second-order valence-electron chi connectivity index (χ2n) is 9.02. The fourth-order valence-corrected chi connectivity index (χ4v) is 4.35. The lowest BCUT2D eigenvalue weighted by Gasteiger charge is -2.26. The second-order valence-corrected chi connectivity index (χ2v) is 9.02. The summed E-state index contributed by atoms with van der Waals surface area (Å²) in [5.74, 6) is 1.64. The molecule has 1 aliphatic rings. The van der Waals surface area contributed by atoms with Crippen molar-refractivity contribution >= 4 is 12.4 Å². The van der Waals surface area contributed by atoms with Crippen LogP contribution in [0.15, 0.2) is 58.7 Å². The van der Waals surface area contributed by atoms with Gasteiger partial charge < -0.3 is 0 Å². The van der Waals surface area contributed by atoms with Gasteiger partial charge in [0, 0.05) is 0 Å². The molecule has 0 amide bonds. The summed E-state index contributed by atoms with van der Waals surface area (Å²) in [6, 6.07) is 17.6. The van der Waals surface area contributed by atoms with Gasteiger partial charge in [-0.25, -0.2) is 0 Å². The van der Waals surface area contributed by atoms with Crippen molar-refractivity contribution in [3.8, 4) is 0 Å². The Morgan fingerprint density at radius 2 is 1.30 bits per heavy atom. The third-order valence-corrected chi connectivity index (χ3v) is 6.45. The van der Waals surface area contributed by atoms with Gasteiger partial charge in [-0.1, -0.05) is 101 Å². The maximum Gasteiger partial charge on any atom is 0.0568 e. The number of hydrogen-bond donors (Lipinski definition) is 0. The number of aryl methyl sites for hydroxylation is 1. The first-order chi connectivity index (χ1) is 14.7. The molecule has 0 radical (unpaired) electrons. The normalized spacial score (nSPS) is 19.7. The third kappa shape index (κ3) is 7.55. The molecule has 0 bridgehead atoms.